The Balaban J connectivity index is 0.00000264. The first-order valence-electron chi connectivity index (χ1n) is 8.47. The molecule has 0 spiro atoms. The van der Waals surface area contributed by atoms with Gasteiger partial charge < -0.3 is 10.6 Å². The third kappa shape index (κ3) is 6.11. The van der Waals surface area contributed by atoms with Gasteiger partial charge in [-0.2, -0.15) is 0 Å². The molecular formula is C18H28ClFN2O. The third-order valence-corrected chi connectivity index (χ3v) is 4.42. The van der Waals surface area contributed by atoms with Crippen molar-refractivity contribution in [3.63, 3.8) is 0 Å². The molecule has 0 aliphatic carbocycles. The van der Waals surface area contributed by atoms with E-state index in [4.69, 9.17) is 5.73 Å². The molecule has 1 heterocycles. The van der Waals surface area contributed by atoms with Crippen molar-refractivity contribution < 1.29 is 9.18 Å². The molecule has 0 bridgehead atoms. The Kier molecular flexibility index (Phi) is 9.19. The second kappa shape index (κ2) is 10.6. The lowest BCUT2D eigenvalue weighted by Gasteiger charge is -2.36. The SMILES string of the molecule is Cl.NCCCCCCC(=O)N1CCCCC1c1ccc(F)cc1. The fourth-order valence-corrected chi connectivity index (χ4v) is 3.18. The molecule has 23 heavy (non-hydrogen) atoms. The maximum Gasteiger partial charge on any atom is 0.223 e. The Labute approximate surface area is 144 Å². The van der Waals surface area contributed by atoms with Gasteiger partial charge in [0, 0.05) is 13.0 Å². The normalized spacial score (nSPS) is 17.7. The predicted octanol–water partition coefficient (Wildman–Crippen LogP) is 4.21. The van der Waals surface area contributed by atoms with E-state index in [2.05, 4.69) is 0 Å². The number of amides is 1. The van der Waals surface area contributed by atoms with Crippen LogP contribution < -0.4 is 5.73 Å². The highest BCUT2D eigenvalue weighted by Gasteiger charge is 2.27. The van der Waals surface area contributed by atoms with Crippen LogP contribution in [-0.2, 0) is 4.79 Å². The molecule has 3 nitrogen and oxygen atoms in total. The summed E-state index contributed by atoms with van der Waals surface area (Å²) < 4.78 is 13.1. The van der Waals surface area contributed by atoms with Crippen LogP contribution in [0.5, 0.6) is 0 Å². The molecule has 1 aromatic rings. The van der Waals surface area contributed by atoms with Crippen molar-refractivity contribution in [2.24, 2.45) is 5.73 Å². The lowest BCUT2D eigenvalue weighted by molar-refractivity contribution is -0.135. The van der Waals surface area contributed by atoms with Crippen molar-refractivity contribution in [3.8, 4) is 0 Å². The highest BCUT2D eigenvalue weighted by Crippen LogP contribution is 2.31. The minimum Gasteiger partial charge on any atom is -0.336 e. The third-order valence-electron chi connectivity index (χ3n) is 4.42. The second-order valence-corrected chi connectivity index (χ2v) is 6.10. The van der Waals surface area contributed by atoms with Gasteiger partial charge in [0.05, 0.1) is 6.04 Å². The number of likely N-dealkylation sites (tertiary alicyclic amines) is 1. The fraction of sp³-hybridized carbons (Fsp3) is 0.611. The fourth-order valence-electron chi connectivity index (χ4n) is 3.18. The van der Waals surface area contributed by atoms with E-state index in [1.165, 1.54) is 12.1 Å². The smallest absolute Gasteiger partial charge is 0.223 e. The van der Waals surface area contributed by atoms with E-state index in [1.807, 2.05) is 17.0 Å². The first-order valence-corrected chi connectivity index (χ1v) is 8.47. The molecule has 2 N–H and O–H groups in total. The summed E-state index contributed by atoms with van der Waals surface area (Å²) >= 11 is 0. The van der Waals surface area contributed by atoms with Crippen molar-refractivity contribution in [2.75, 3.05) is 13.1 Å². The second-order valence-electron chi connectivity index (χ2n) is 6.10. The molecule has 0 radical (unpaired) electrons. The van der Waals surface area contributed by atoms with E-state index >= 15 is 0 Å². The molecule has 1 aromatic carbocycles. The standard InChI is InChI=1S/C18H27FN2O.ClH/c19-16-11-9-15(10-12-16)17-7-4-6-14-21(17)18(22)8-3-1-2-5-13-20;/h9-12,17H,1-8,13-14,20H2;1H. The topological polar surface area (TPSA) is 46.3 Å². The zero-order valence-corrected chi connectivity index (χ0v) is 14.5. The molecule has 1 aliphatic heterocycles. The highest BCUT2D eigenvalue weighted by atomic mass is 35.5. The van der Waals surface area contributed by atoms with Crippen molar-refractivity contribution in [2.45, 2.75) is 57.4 Å². The Morgan fingerprint density at radius 2 is 1.83 bits per heavy atom. The van der Waals surface area contributed by atoms with Crippen molar-refractivity contribution >= 4 is 18.3 Å². The Morgan fingerprint density at radius 1 is 1.13 bits per heavy atom. The number of hydrogen-bond donors (Lipinski definition) is 1. The number of rotatable bonds is 7. The maximum atomic E-state index is 13.1. The van der Waals surface area contributed by atoms with Gasteiger partial charge in [-0.1, -0.05) is 25.0 Å². The molecule has 0 saturated carbocycles. The Bertz CT molecular complexity index is 467. The molecule has 1 atom stereocenters. The molecule has 1 amide bonds. The van der Waals surface area contributed by atoms with Crippen LogP contribution >= 0.6 is 12.4 Å². The average Bonchev–Trinajstić information content (AvgIpc) is 2.55. The molecular weight excluding hydrogens is 315 g/mol. The van der Waals surface area contributed by atoms with Crippen LogP contribution in [0.2, 0.25) is 0 Å². The van der Waals surface area contributed by atoms with Gasteiger partial charge in [0.1, 0.15) is 5.82 Å². The van der Waals surface area contributed by atoms with Crippen LogP contribution in [-0.4, -0.2) is 23.9 Å². The van der Waals surface area contributed by atoms with E-state index in [9.17, 15) is 9.18 Å². The van der Waals surface area contributed by atoms with Gasteiger partial charge in [-0.15, -0.1) is 12.4 Å². The lowest BCUT2D eigenvalue weighted by atomic mass is 9.94. The molecule has 0 aromatic heterocycles. The number of nitrogens with zero attached hydrogens (tertiary/aromatic N) is 1. The largest absolute Gasteiger partial charge is 0.336 e. The van der Waals surface area contributed by atoms with E-state index in [0.29, 0.717) is 6.42 Å². The highest BCUT2D eigenvalue weighted by molar-refractivity contribution is 5.85. The van der Waals surface area contributed by atoms with Gasteiger partial charge in [0.2, 0.25) is 5.91 Å². The zero-order chi connectivity index (χ0) is 15.8. The Morgan fingerprint density at radius 3 is 2.52 bits per heavy atom. The maximum absolute atomic E-state index is 13.1. The Hall–Kier alpha value is -1.13. The van der Waals surface area contributed by atoms with Gasteiger partial charge in [-0.3, -0.25) is 4.79 Å². The minimum absolute atomic E-state index is 0. The molecule has 1 aliphatic rings. The van der Waals surface area contributed by atoms with Crippen LogP contribution in [0.1, 0.15) is 63.0 Å². The van der Waals surface area contributed by atoms with E-state index in [0.717, 1.165) is 63.6 Å². The summed E-state index contributed by atoms with van der Waals surface area (Å²) in [6.45, 7) is 1.55. The summed E-state index contributed by atoms with van der Waals surface area (Å²) in [6, 6.07) is 6.71. The number of hydrogen-bond acceptors (Lipinski definition) is 2. The average molecular weight is 343 g/mol. The number of nitrogens with two attached hydrogens (primary N) is 1. The summed E-state index contributed by atoms with van der Waals surface area (Å²) in [5.74, 6) is 0.0131. The van der Waals surface area contributed by atoms with Crippen molar-refractivity contribution in [1.82, 2.24) is 4.90 Å². The van der Waals surface area contributed by atoms with E-state index in [-0.39, 0.29) is 30.2 Å². The molecule has 1 saturated heterocycles. The van der Waals surface area contributed by atoms with Crippen LogP contribution in [0.25, 0.3) is 0 Å². The van der Waals surface area contributed by atoms with Gasteiger partial charge in [0.15, 0.2) is 0 Å². The summed E-state index contributed by atoms with van der Waals surface area (Å²) in [5, 5.41) is 0. The number of carbonyl (C=O) groups is 1. The molecule has 1 unspecified atom stereocenters. The number of halogens is 2. The van der Waals surface area contributed by atoms with Gasteiger partial charge >= 0.3 is 0 Å². The zero-order valence-electron chi connectivity index (χ0n) is 13.7. The summed E-state index contributed by atoms with van der Waals surface area (Å²) in [5.41, 5.74) is 6.53. The van der Waals surface area contributed by atoms with Crippen LogP contribution in [0.4, 0.5) is 4.39 Å². The van der Waals surface area contributed by atoms with Crippen LogP contribution in [0, 0.1) is 5.82 Å². The van der Waals surface area contributed by atoms with Crippen molar-refractivity contribution in [3.05, 3.63) is 35.6 Å². The minimum atomic E-state index is -0.225. The first kappa shape index (κ1) is 19.9. The van der Waals surface area contributed by atoms with Gasteiger partial charge in [-0.05, 0) is 56.3 Å². The van der Waals surface area contributed by atoms with Gasteiger partial charge in [-0.25, -0.2) is 4.39 Å². The summed E-state index contributed by atoms with van der Waals surface area (Å²) in [4.78, 5) is 14.5. The summed E-state index contributed by atoms with van der Waals surface area (Å²) in [6.07, 6.45) is 7.93. The molecule has 2 rings (SSSR count). The van der Waals surface area contributed by atoms with Crippen LogP contribution in [0.15, 0.2) is 24.3 Å². The lowest BCUT2D eigenvalue weighted by Crippen LogP contribution is -2.38. The van der Waals surface area contributed by atoms with Crippen molar-refractivity contribution in [1.29, 1.82) is 0 Å². The number of benzene rings is 1. The predicted molar refractivity (Wildman–Crippen MR) is 94.1 cm³/mol. The number of carbonyl (C=O) groups excluding carboxylic acids is 1. The number of unbranched alkanes of at least 4 members (excludes halogenated alkanes) is 3. The summed E-state index contributed by atoms with van der Waals surface area (Å²) in [7, 11) is 0. The molecule has 1 fully saturated rings. The first-order chi connectivity index (χ1) is 10.7. The quantitative estimate of drug-likeness (QED) is 0.754. The van der Waals surface area contributed by atoms with E-state index < -0.39 is 0 Å². The molecule has 5 heteroatoms. The van der Waals surface area contributed by atoms with Gasteiger partial charge in [0.25, 0.3) is 0 Å². The molecule has 130 valence electrons. The monoisotopic (exact) mass is 342 g/mol. The number of piperidine rings is 1. The van der Waals surface area contributed by atoms with Crippen LogP contribution in [0.3, 0.4) is 0 Å². The van der Waals surface area contributed by atoms with E-state index in [1.54, 1.807) is 0 Å².